The Labute approximate surface area is 222 Å². The number of piperidine rings is 2. The standard InChI is InChI=1S/C28H43N3O5S/c1-22-27(33)29(2)21-28(13-7-6-9-24-8-4-5-10-25(24)36-22)14-18-30(19-15-28)26(32)20-23-11-16-31(17-12-23)37(3,34)35/h4-5,8,10,22-23H,6-7,9,11-21H2,1-3H3/t22-/m1/s1. The van der Waals surface area contributed by atoms with Crippen molar-refractivity contribution < 1.29 is 22.7 Å². The minimum absolute atomic E-state index is 0.00584. The normalized spacial score (nSPS) is 24.6. The zero-order chi connectivity index (χ0) is 26.6. The van der Waals surface area contributed by atoms with Crippen LogP contribution in [-0.4, -0.2) is 86.5 Å². The van der Waals surface area contributed by atoms with Crippen molar-refractivity contribution >= 4 is 21.8 Å². The number of amides is 2. The van der Waals surface area contributed by atoms with Crippen molar-refractivity contribution in [2.75, 3.05) is 46.0 Å². The number of ether oxygens (including phenoxy) is 1. The summed E-state index contributed by atoms with van der Waals surface area (Å²) in [5, 5.41) is 0. The fourth-order valence-electron chi connectivity index (χ4n) is 6.31. The average Bonchev–Trinajstić information content (AvgIpc) is 2.86. The van der Waals surface area contributed by atoms with Gasteiger partial charge in [0, 0.05) is 46.2 Å². The maximum atomic E-state index is 13.2. The van der Waals surface area contributed by atoms with Crippen LogP contribution in [0.1, 0.15) is 63.9 Å². The number of carbonyl (C=O) groups is 2. The predicted molar refractivity (Wildman–Crippen MR) is 144 cm³/mol. The number of rotatable bonds is 3. The van der Waals surface area contributed by atoms with Crippen molar-refractivity contribution in [3.63, 3.8) is 0 Å². The van der Waals surface area contributed by atoms with Crippen LogP contribution in [0.3, 0.4) is 0 Å². The number of fused-ring (bicyclic) bond motifs is 1. The lowest BCUT2D eigenvalue weighted by molar-refractivity contribution is -0.141. The molecule has 0 aromatic heterocycles. The Morgan fingerprint density at radius 3 is 2.41 bits per heavy atom. The quantitative estimate of drug-likeness (QED) is 0.595. The number of aryl methyl sites for hydroxylation is 1. The monoisotopic (exact) mass is 533 g/mol. The van der Waals surface area contributed by atoms with E-state index in [9.17, 15) is 18.0 Å². The Morgan fingerprint density at radius 1 is 1.05 bits per heavy atom. The summed E-state index contributed by atoms with van der Waals surface area (Å²) in [7, 11) is -1.28. The molecule has 3 aliphatic heterocycles. The lowest BCUT2D eigenvalue weighted by atomic mass is 9.73. The molecule has 2 saturated heterocycles. The SMILES string of the molecule is C[C@H]1Oc2ccccc2CCCCC2(CCN(C(=O)CC3CCN(S(C)(=O)=O)CC3)CC2)CN(C)C1=O. The number of hydrogen-bond acceptors (Lipinski definition) is 5. The minimum Gasteiger partial charge on any atom is -0.481 e. The van der Waals surface area contributed by atoms with Gasteiger partial charge in [-0.3, -0.25) is 9.59 Å². The van der Waals surface area contributed by atoms with E-state index in [1.807, 2.05) is 42.0 Å². The summed E-state index contributed by atoms with van der Waals surface area (Å²) >= 11 is 0. The first-order valence-electron chi connectivity index (χ1n) is 13.8. The van der Waals surface area contributed by atoms with E-state index in [-0.39, 0.29) is 23.1 Å². The molecule has 1 spiro atoms. The number of likely N-dealkylation sites (tertiary alicyclic amines) is 1. The van der Waals surface area contributed by atoms with Crippen LogP contribution in [-0.2, 0) is 26.0 Å². The third-order valence-corrected chi connectivity index (χ3v) is 9.96. The van der Waals surface area contributed by atoms with Gasteiger partial charge in [0.2, 0.25) is 15.9 Å². The van der Waals surface area contributed by atoms with Crippen molar-refractivity contribution in [3.05, 3.63) is 29.8 Å². The fourth-order valence-corrected chi connectivity index (χ4v) is 7.19. The van der Waals surface area contributed by atoms with Gasteiger partial charge in [0.1, 0.15) is 5.75 Å². The maximum absolute atomic E-state index is 13.2. The van der Waals surface area contributed by atoms with E-state index >= 15 is 0 Å². The molecule has 4 rings (SSSR count). The van der Waals surface area contributed by atoms with E-state index in [1.54, 1.807) is 0 Å². The van der Waals surface area contributed by atoms with Crippen molar-refractivity contribution in [1.29, 1.82) is 0 Å². The Kier molecular flexibility index (Phi) is 8.84. The van der Waals surface area contributed by atoms with Gasteiger partial charge in [0.05, 0.1) is 6.26 Å². The summed E-state index contributed by atoms with van der Waals surface area (Å²) in [6, 6.07) is 8.02. The van der Waals surface area contributed by atoms with Gasteiger partial charge in [-0.15, -0.1) is 0 Å². The van der Waals surface area contributed by atoms with Crippen LogP contribution >= 0.6 is 0 Å². The van der Waals surface area contributed by atoms with Crippen LogP contribution in [0.25, 0.3) is 0 Å². The highest BCUT2D eigenvalue weighted by molar-refractivity contribution is 7.88. The van der Waals surface area contributed by atoms with Crippen LogP contribution in [0.15, 0.2) is 24.3 Å². The first-order valence-corrected chi connectivity index (χ1v) is 15.6. The molecule has 9 heteroatoms. The van der Waals surface area contributed by atoms with E-state index in [2.05, 4.69) is 6.07 Å². The second kappa shape index (κ2) is 11.7. The molecule has 3 aliphatic rings. The summed E-state index contributed by atoms with van der Waals surface area (Å²) in [6.45, 7) is 4.97. The molecule has 8 nitrogen and oxygen atoms in total. The summed E-state index contributed by atoms with van der Waals surface area (Å²) in [5.74, 6) is 1.23. The van der Waals surface area contributed by atoms with Crippen molar-refractivity contribution in [1.82, 2.24) is 14.1 Å². The Morgan fingerprint density at radius 2 is 1.73 bits per heavy atom. The number of hydrogen-bond donors (Lipinski definition) is 0. The molecule has 2 amide bonds. The molecule has 0 aliphatic carbocycles. The Hall–Kier alpha value is -2.13. The van der Waals surface area contributed by atoms with Crippen LogP contribution in [0.4, 0.5) is 0 Å². The van der Waals surface area contributed by atoms with Gasteiger partial charge in [-0.05, 0) is 74.8 Å². The maximum Gasteiger partial charge on any atom is 0.263 e. The van der Waals surface area contributed by atoms with E-state index in [1.165, 1.54) is 10.6 Å². The van der Waals surface area contributed by atoms with Gasteiger partial charge in [-0.25, -0.2) is 12.7 Å². The molecule has 0 radical (unpaired) electrons. The number of benzene rings is 1. The van der Waals surface area contributed by atoms with E-state index < -0.39 is 16.1 Å². The third kappa shape index (κ3) is 7.05. The van der Waals surface area contributed by atoms with Gasteiger partial charge in [0.25, 0.3) is 5.91 Å². The number of para-hydroxylation sites is 1. The molecule has 2 fully saturated rings. The van der Waals surface area contributed by atoms with Gasteiger partial charge in [-0.1, -0.05) is 24.6 Å². The number of sulfonamides is 1. The van der Waals surface area contributed by atoms with Crippen LogP contribution in [0, 0.1) is 11.3 Å². The van der Waals surface area contributed by atoms with Crippen molar-refractivity contribution in [2.45, 2.75) is 70.8 Å². The lowest BCUT2D eigenvalue weighted by Crippen LogP contribution is -2.50. The molecular formula is C28H43N3O5S. The zero-order valence-corrected chi connectivity index (χ0v) is 23.5. The molecule has 1 aromatic carbocycles. The molecule has 1 aromatic rings. The molecule has 0 saturated carbocycles. The van der Waals surface area contributed by atoms with E-state index in [4.69, 9.17) is 4.74 Å². The first kappa shape index (κ1) is 27.9. The smallest absolute Gasteiger partial charge is 0.263 e. The van der Waals surface area contributed by atoms with Crippen LogP contribution < -0.4 is 4.74 Å². The molecule has 0 N–H and O–H groups in total. The van der Waals surface area contributed by atoms with Crippen LogP contribution in [0.5, 0.6) is 5.75 Å². The topological polar surface area (TPSA) is 87.2 Å². The molecule has 1 atom stereocenters. The first-order chi connectivity index (χ1) is 17.6. The van der Waals surface area contributed by atoms with Crippen molar-refractivity contribution in [2.24, 2.45) is 11.3 Å². The number of carbonyl (C=O) groups excluding carboxylic acids is 2. The van der Waals surface area contributed by atoms with Gasteiger partial charge >= 0.3 is 0 Å². The Bertz CT molecular complexity index is 1060. The Balaban J connectivity index is 1.35. The highest BCUT2D eigenvalue weighted by Gasteiger charge is 2.39. The average molecular weight is 534 g/mol. The summed E-state index contributed by atoms with van der Waals surface area (Å²) in [5.41, 5.74) is 1.17. The summed E-state index contributed by atoms with van der Waals surface area (Å²) in [4.78, 5) is 30.1. The van der Waals surface area contributed by atoms with Crippen LogP contribution in [0.2, 0.25) is 0 Å². The molecular weight excluding hydrogens is 490 g/mol. The third-order valence-electron chi connectivity index (χ3n) is 8.66. The molecule has 0 bridgehead atoms. The zero-order valence-electron chi connectivity index (χ0n) is 22.7. The second-order valence-corrected chi connectivity index (χ2v) is 13.4. The predicted octanol–water partition coefficient (Wildman–Crippen LogP) is 3.31. The second-order valence-electron chi connectivity index (χ2n) is 11.5. The van der Waals surface area contributed by atoms with Gasteiger partial charge in [0.15, 0.2) is 6.10 Å². The van der Waals surface area contributed by atoms with Crippen molar-refractivity contribution in [3.8, 4) is 5.75 Å². The summed E-state index contributed by atoms with van der Waals surface area (Å²) < 4.78 is 31.1. The highest BCUT2D eigenvalue weighted by Crippen LogP contribution is 2.39. The van der Waals surface area contributed by atoms with Gasteiger partial charge in [-0.2, -0.15) is 0 Å². The van der Waals surface area contributed by atoms with E-state index in [0.29, 0.717) is 26.1 Å². The number of nitrogens with zero attached hydrogens (tertiary/aromatic N) is 3. The summed E-state index contributed by atoms with van der Waals surface area (Å²) in [6.07, 6.45) is 8.63. The van der Waals surface area contributed by atoms with Gasteiger partial charge < -0.3 is 14.5 Å². The number of likely N-dealkylation sites (N-methyl/N-ethyl adjacent to an activating group) is 1. The van der Waals surface area contributed by atoms with E-state index in [0.717, 1.165) is 75.8 Å². The molecule has 206 valence electrons. The fraction of sp³-hybridized carbons (Fsp3) is 0.714. The lowest BCUT2D eigenvalue weighted by Gasteiger charge is -2.45. The minimum atomic E-state index is -3.15. The molecule has 0 unspecified atom stereocenters. The molecule has 3 heterocycles. The molecule has 37 heavy (non-hydrogen) atoms. The largest absolute Gasteiger partial charge is 0.481 e. The highest BCUT2D eigenvalue weighted by atomic mass is 32.2.